The third-order valence-electron chi connectivity index (χ3n) is 7.38. The summed E-state index contributed by atoms with van der Waals surface area (Å²) in [7, 11) is 1.70. The monoisotopic (exact) mass is 468 g/mol. The number of ether oxygens (including phenoxy) is 1. The molecule has 2 unspecified atom stereocenters. The lowest BCUT2D eigenvalue weighted by atomic mass is 9.83. The summed E-state index contributed by atoms with van der Waals surface area (Å²) < 4.78 is 5.50. The van der Waals surface area contributed by atoms with E-state index in [9.17, 15) is 4.79 Å². The van der Waals surface area contributed by atoms with Crippen LogP contribution >= 0.6 is 11.6 Å². The Balaban J connectivity index is 1.37. The molecule has 0 bridgehead atoms. The van der Waals surface area contributed by atoms with Crippen LogP contribution in [0.3, 0.4) is 0 Å². The Hall–Kier alpha value is -2.44. The number of hydrogen-bond acceptors (Lipinski definition) is 5. The van der Waals surface area contributed by atoms with Gasteiger partial charge in [0.25, 0.3) is 0 Å². The van der Waals surface area contributed by atoms with Gasteiger partial charge in [0, 0.05) is 44.5 Å². The molecule has 0 saturated carbocycles. The summed E-state index contributed by atoms with van der Waals surface area (Å²) >= 11 is 6.53. The van der Waals surface area contributed by atoms with E-state index in [0.29, 0.717) is 6.54 Å². The van der Waals surface area contributed by atoms with Crippen molar-refractivity contribution >= 4 is 28.9 Å². The third kappa shape index (κ3) is 4.64. The fraction of sp³-hybridized carbons (Fsp3) is 0.500. The lowest BCUT2D eigenvalue weighted by Crippen LogP contribution is -2.61. The Morgan fingerprint density at radius 1 is 1.09 bits per heavy atom. The molecule has 6 nitrogen and oxygen atoms in total. The molecule has 0 aromatic heterocycles. The molecule has 33 heavy (non-hydrogen) atoms. The number of nitrogens with one attached hydrogen (secondary N) is 1. The second kappa shape index (κ2) is 9.82. The molecule has 3 aliphatic rings. The molecule has 3 heterocycles. The van der Waals surface area contributed by atoms with Crippen LogP contribution < -0.4 is 19.9 Å². The minimum atomic E-state index is -0.102. The summed E-state index contributed by atoms with van der Waals surface area (Å²) in [5, 5.41) is 4.01. The first-order chi connectivity index (χ1) is 16.1. The lowest BCUT2D eigenvalue weighted by Gasteiger charge is -2.49. The molecule has 2 saturated heterocycles. The van der Waals surface area contributed by atoms with Crippen LogP contribution in [0.5, 0.6) is 5.75 Å². The van der Waals surface area contributed by atoms with E-state index >= 15 is 0 Å². The Kier molecular flexibility index (Phi) is 6.65. The standard InChI is InChI=1S/C26H33ClN4O2/c1-33-20-9-8-19-16-21(26(32)28-10-13-29-11-4-5-12-29)25-18-30(14-15-31(25)24(19)17-20)23-7-3-2-6-22(23)27/h2-3,6-9,17,21,25H,4-5,10-16,18H2,1H3,(H,28,32). The quantitative estimate of drug-likeness (QED) is 0.703. The Morgan fingerprint density at radius 3 is 2.70 bits per heavy atom. The second-order valence-corrected chi connectivity index (χ2v) is 9.71. The molecule has 0 radical (unpaired) electrons. The van der Waals surface area contributed by atoms with Crippen LogP contribution in [0.25, 0.3) is 0 Å². The second-order valence-electron chi connectivity index (χ2n) is 9.30. The number of hydrogen-bond donors (Lipinski definition) is 1. The summed E-state index contributed by atoms with van der Waals surface area (Å²) in [6.07, 6.45) is 3.28. The molecule has 0 spiro atoms. The molecule has 2 aromatic carbocycles. The van der Waals surface area contributed by atoms with Gasteiger partial charge < -0.3 is 24.8 Å². The average molecular weight is 469 g/mol. The molecule has 176 valence electrons. The van der Waals surface area contributed by atoms with Gasteiger partial charge >= 0.3 is 0 Å². The molecule has 2 fully saturated rings. The molecule has 0 aliphatic carbocycles. The van der Waals surface area contributed by atoms with E-state index in [2.05, 4.69) is 38.2 Å². The van der Waals surface area contributed by atoms with Crippen molar-refractivity contribution in [1.29, 1.82) is 0 Å². The van der Waals surface area contributed by atoms with Crippen LogP contribution in [0.1, 0.15) is 18.4 Å². The van der Waals surface area contributed by atoms with Gasteiger partial charge in [0.2, 0.25) is 5.91 Å². The Morgan fingerprint density at radius 2 is 1.91 bits per heavy atom. The third-order valence-corrected chi connectivity index (χ3v) is 7.70. The molecule has 2 aromatic rings. The van der Waals surface area contributed by atoms with E-state index < -0.39 is 0 Å². The molecule has 2 atom stereocenters. The number of fused-ring (bicyclic) bond motifs is 3. The number of nitrogens with zero attached hydrogens (tertiary/aromatic N) is 3. The summed E-state index contributed by atoms with van der Waals surface area (Å²) in [5.41, 5.74) is 3.46. The summed E-state index contributed by atoms with van der Waals surface area (Å²) in [5.74, 6) is 0.913. The van der Waals surface area contributed by atoms with Gasteiger partial charge in [0.1, 0.15) is 5.75 Å². The van der Waals surface area contributed by atoms with Gasteiger partial charge in [-0.2, -0.15) is 0 Å². The smallest absolute Gasteiger partial charge is 0.225 e. The van der Waals surface area contributed by atoms with Crippen LogP contribution in [0.2, 0.25) is 5.02 Å². The van der Waals surface area contributed by atoms with Crippen LogP contribution in [-0.2, 0) is 11.2 Å². The molecular weight excluding hydrogens is 436 g/mol. The largest absolute Gasteiger partial charge is 0.497 e. The molecule has 1 N–H and O–H groups in total. The number of benzene rings is 2. The summed E-state index contributed by atoms with van der Waals surface area (Å²) in [6.45, 7) is 6.42. The molecular formula is C26H33ClN4O2. The van der Waals surface area contributed by atoms with Gasteiger partial charge in [-0.3, -0.25) is 4.79 Å². The van der Waals surface area contributed by atoms with Crippen molar-refractivity contribution in [1.82, 2.24) is 10.2 Å². The van der Waals surface area contributed by atoms with Crippen molar-refractivity contribution in [3.63, 3.8) is 0 Å². The van der Waals surface area contributed by atoms with Gasteiger partial charge in [0.05, 0.1) is 29.8 Å². The summed E-state index contributed by atoms with van der Waals surface area (Å²) in [6, 6.07) is 14.3. The van der Waals surface area contributed by atoms with Crippen molar-refractivity contribution in [2.75, 3.05) is 62.7 Å². The van der Waals surface area contributed by atoms with E-state index in [4.69, 9.17) is 16.3 Å². The topological polar surface area (TPSA) is 48.1 Å². The van der Waals surface area contributed by atoms with Crippen LogP contribution in [0, 0.1) is 5.92 Å². The number of anilines is 2. The highest BCUT2D eigenvalue weighted by Gasteiger charge is 2.42. The number of amides is 1. The number of methoxy groups -OCH3 is 1. The molecule has 3 aliphatic heterocycles. The van der Waals surface area contributed by atoms with Gasteiger partial charge in [-0.1, -0.05) is 29.8 Å². The van der Waals surface area contributed by atoms with E-state index in [-0.39, 0.29) is 17.9 Å². The van der Waals surface area contributed by atoms with E-state index in [0.717, 1.165) is 62.1 Å². The van der Waals surface area contributed by atoms with E-state index in [1.807, 2.05) is 24.3 Å². The summed E-state index contributed by atoms with van der Waals surface area (Å²) in [4.78, 5) is 20.6. The number of carbonyl (C=O) groups is 1. The molecule has 7 heteroatoms. The van der Waals surface area contributed by atoms with Crippen molar-refractivity contribution in [2.24, 2.45) is 5.92 Å². The highest BCUT2D eigenvalue weighted by molar-refractivity contribution is 6.33. The highest BCUT2D eigenvalue weighted by Crippen LogP contribution is 2.39. The number of piperazine rings is 1. The SMILES string of the molecule is COc1ccc2c(c1)N1CCN(c3ccccc3Cl)CC1C(C(=O)NCCN1CCCC1)C2. The van der Waals surface area contributed by atoms with Crippen molar-refractivity contribution in [2.45, 2.75) is 25.3 Å². The van der Waals surface area contributed by atoms with Crippen molar-refractivity contribution in [3.8, 4) is 5.75 Å². The van der Waals surface area contributed by atoms with Crippen LogP contribution in [-0.4, -0.2) is 69.8 Å². The van der Waals surface area contributed by atoms with Crippen molar-refractivity contribution < 1.29 is 9.53 Å². The maximum atomic E-state index is 13.4. The van der Waals surface area contributed by atoms with Crippen LogP contribution in [0.4, 0.5) is 11.4 Å². The van der Waals surface area contributed by atoms with E-state index in [1.165, 1.54) is 24.1 Å². The zero-order chi connectivity index (χ0) is 22.8. The number of halogens is 1. The maximum absolute atomic E-state index is 13.4. The first kappa shape index (κ1) is 22.4. The predicted octanol–water partition coefficient (Wildman–Crippen LogP) is 3.43. The first-order valence-electron chi connectivity index (χ1n) is 12.1. The van der Waals surface area contributed by atoms with Gasteiger partial charge in [-0.05, 0) is 56.1 Å². The normalized spacial score (nSPS) is 22.6. The predicted molar refractivity (Wildman–Crippen MR) is 134 cm³/mol. The first-order valence-corrected chi connectivity index (χ1v) is 12.4. The highest BCUT2D eigenvalue weighted by atomic mass is 35.5. The number of para-hydroxylation sites is 1. The minimum absolute atomic E-state index is 0.0846. The lowest BCUT2D eigenvalue weighted by molar-refractivity contribution is -0.125. The molecule has 1 amide bonds. The maximum Gasteiger partial charge on any atom is 0.225 e. The molecule has 5 rings (SSSR count). The Bertz CT molecular complexity index is 994. The Labute approximate surface area is 201 Å². The average Bonchev–Trinajstić information content (AvgIpc) is 3.36. The van der Waals surface area contributed by atoms with Crippen LogP contribution in [0.15, 0.2) is 42.5 Å². The number of carbonyl (C=O) groups excluding carboxylic acids is 1. The number of likely N-dealkylation sites (tertiary alicyclic amines) is 1. The fourth-order valence-electron chi connectivity index (χ4n) is 5.61. The van der Waals surface area contributed by atoms with E-state index in [1.54, 1.807) is 7.11 Å². The zero-order valence-electron chi connectivity index (χ0n) is 19.3. The minimum Gasteiger partial charge on any atom is -0.497 e. The van der Waals surface area contributed by atoms with Gasteiger partial charge in [-0.15, -0.1) is 0 Å². The fourth-order valence-corrected chi connectivity index (χ4v) is 5.86. The van der Waals surface area contributed by atoms with Crippen molar-refractivity contribution in [3.05, 3.63) is 53.1 Å². The zero-order valence-corrected chi connectivity index (χ0v) is 20.1. The number of rotatable bonds is 6. The van der Waals surface area contributed by atoms with Gasteiger partial charge in [-0.25, -0.2) is 0 Å². The van der Waals surface area contributed by atoms with Gasteiger partial charge in [0.15, 0.2) is 0 Å².